The van der Waals surface area contributed by atoms with Gasteiger partial charge in [0.1, 0.15) is 12.7 Å². The van der Waals surface area contributed by atoms with Crippen LogP contribution in [0.15, 0.2) is 41.5 Å². The summed E-state index contributed by atoms with van der Waals surface area (Å²) in [5, 5.41) is 6.22. The highest BCUT2D eigenvalue weighted by molar-refractivity contribution is 5.97. The van der Waals surface area contributed by atoms with Gasteiger partial charge >= 0.3 is 0 Å². The van der Waals surface area contributed by atoms with Crippen LogP contribution in [0.25, 0.3) is 5.70 Å². The van der Waals surface area contributed by atoms with Crippen molar-refractivity contribution in [3.8, 4) is 0 Å². The summed E-state index contributed by atoms with van der Waals surface area (Å²) >= 11 is 0. The molecular formula is C12H17ClN5+. The minimum atomic E-state index is -0.192. The maximum atomic E-state index is 6.13. The molecule has 1 aromatic rings. The van der Waals surface area contributed by atoms with Crippen molar-refractivity contribution in [1.29, 1.82) is 0 Å². The zero-order valence-corrected chi connectivity index (χ0v) is 11.2. The number of halogens is 1. The second-order valence-electron chi connectivity index (χ2n) is 4.56. The van der Waals surface area contributed by atoms with Crippen molar-refractivity contribution in [3.63, 3.8) is 0 Å². The molecule has 1 aromatic carbocycles. The number of rotatable bonds is 1. The molecule has 0 radical (unpaired) electrons. The van der Waals surface area contributed by atoms with Gasteiger partial charge in [-0.15, -0.1) is 22.1 Å². The Labute approximate surface area is 113 Å². The third-order valence-electron chi connectivity index (χ3n) is 3.36. The molecule has 0 bridgehead atoms. The highest BCUT2D eigenvalue weighted by Crippen LogP contribution is 2.28. The number of fused-ring (bicyclic) bond motifs is 1. The molecule has 96 valence electrons. The van der Waals surface area contributed by atoms with Gasteiger partial charge in [-0.3, -0.25) is 5.73 Å². The van der Waals surface area contributed by atoms with E-state index in [2.05, 4.69) is 28.7 Å². The molecule has 0 fully saturated rings. The molecule has 2 aliphatic heterocycles. The van der Waals surface area contributed by atoms with Crippen molar-refractivity contribution in [2.24, 2.45) is 10.8 Å². The highest BCUT2D eigenvalue weighted by Gasteiger charge is 2.48. The lowest BCUT2D eigenvalue weighted by molar-refractivity contribution is -0.883. The van der Waals surface area contributed by atoms with E-state index in [1.807, 2.05) is 32.3 Å². The largest absolute Gasteiger partial charge is 0.274 e. The average molecular weight is 267 g/mol. The zero-order valence-electron chi connectivity index (χ0n) is 10.4. The van der Waals surface area contributed by atoms with Crippen molar-refractivity contribution >= 4 is 23.9 Å². The number of amidine groups is 1. The Kier molecular flexibility index (Phi) is 3.06. The Hall–Kier alpha value is -1.56. The molecule has 0 amide bonds. The molecule has 2 atom stereocenters. The molecule has 2 aliphatic rings. The van der Waals surface area contributed by atoms with Gasteiger partial charge in [0.25, 0.3) is 12.1 Å². The Bertz CT molecular complexity index is 512. The van der Waals surface area contributed by atoms with Crippen molar-refractivity contribution in [2.75, 3.05) is 14.1 Å². The van der Waals surface area contributed by atoms with Crippen LogP contribution >= 0.6 is 12.4 Å². The first-order valence-corrected chi connectivity index (χ1v) is 5.60. The molecule has 18 heavy (non-hydrogen) atoms. The standard InChI is InChI=1S/C12H16N5.ClH/c1-16-12(13)17(2)11(14-16)8-10(15-17)9-6-4-3-5-7-9;/h3-8,12,15H,13H2,1-2H3;1H/q+1;. The van der Waals surface area contributed by atoms with Crippen LogP contribution in [0.3, 0.4) is 0 Å². The number of nitrogens with one attached hydrogen (secondary N) is 1. The van der Waals surface area contributed by atoms with E-state index >= 15 is 0 Å². The lowest BCUT2D eigenvalue weighted by Crippen LogP contribution is -2.64. The van der Waals surface area contributed by atoms with E-state index in [0.29, 0.717) is 4.59 Å². The van der Waals surface area contributed by atoms with Crippen molar-refractivity contribution in [1.82, 2.24) is 10.4 Å². The lowest BCUT2D eigenvalue weighted by Gasteiger charge is -2.30. The van der Waals surface area contributed by atoms with Crippen LogP contribution < -0.4 is 11.2 Å². The first-order valence-electron chi connectivity index (χ1n) is 5.60. The van der Waals surface area contributed by atoms with E-state index in [9.17, 15) is 0 Å². The van der Waals surface area contributed by atoms with Gasteiger partial charge in [0.05, 0.1) is 6.08 Å². The first-order chi connectivity index (χ1) is 8.11. The topological polar surface area (TPSA) is 53.6 Å². The first kappa shape index (κ1) is 12.9. The Balaban J connectivity index is 0.00000120. The summed E-state index contributed by atoms with van der Waals surface area (Å²) in [7, 11) is 3.91. The molecule has 3 N–H and O–H groups in total. The molecule has 6 heteroatoms. The van der Waals surface area contributed by atoms with Gasteiger partial charge in [-0.25, -0.2) is 10.4 Å². The fourth-order valence-electron chi connectivity index (χ4n) is 2.25. The van der Waals surface area contributed by atoms with Gasteiger partial charge < -0.3 is 0 Å². The Morgan fingerprint density at radius 3 is 2.61 bits per heavy atom. The van der Waals surface area contributed by atoms with Gasteiger partial charge in [0, 0.05) is 12.6 Å². The Morgan fingerprint density at radius 2 is 2.00 bits per heavy atom. The van der Waals surface area contributed by atoms with Crippen molar-refractivity contribution in [3.05, 3.63) is 42.0 Å². The normalized spacial score (nSPS) is 29.1. The van der Waals surface area contributed by atoms with Gasteiger partial charge in [-0.05, 0) is 0 Å². The molecule has 0 saturated carbocycles. The number of likely N-dealkylation sites (N-methyl/N-ethyl adjacent to an activating group) is 1. The Morgan fingerprint density at radius 1 is 1.33 bits per heavy atom. The van der Waals surface area contributed by atoms with Crippen LogP contribution in [-0.2, 0) is 0 Å². The van der Waals surface area contributed by atoms with E-state index in [4.69, 9.17) is 5.73 Å². The number of nitrogens with zero attached hydrogens (tertiary/aromatic N) is 3. The highest BCUT2D eigenvalue weighted by atomic mass is 35.5. The monoisotopic (exact) mass is 266 g/mol. The summed E-state index contributed by atoms with van der Waals surface area (Å²) in [6.07, 6.45) is 1.86. The second-order valence-corrected chi connectivity index (χ2v) is 4.56. The maximum absolute atomic E-state index is 6.13. The van der Waals surface area contributed by atoms with E-state index in [1.54, 1.807) is 5.01 Å². The van der Waals surface area contributed by atoms with E-state index in [1.165, 1.54) is 0 Å². The van der Waals surface area contributed by atoms with E-state index in [-0.39, 0.29) is 18.7 Å². The second kappa shape index (κ2) is 4.28. The number of nitrogens with two attached hydrogens (primary N) is 1. The van der Waals surface area contributed by atoms with Crippen LogP contribution in [0.4, 0.5) is 0 Å². The van der Waals surface area contributed by atoms with Crippen LogP contribution in [0, 0.1) is 0 Å². The van der Waals surface area contributed by atoms with Gasteiger partial charge in [0.15, 0.2) is 0 Å². The van der Waals surface area contributed by atoms with Gasteiger partial charge in [-0.1, -0.05) is 30.3 Å². The van der Waals surface area contributed by atoms with Crippen LogP contribution in [-0.4, -0.2) is 35.8 Å². The number of quaternary nitrogens is 1. The molecule has 2 unspecified atom stereocenters. The SMILES string of the molecule is CN1N=C2C=C(c3ccccc3)N[N+]2(C)C1N.Cl. The maximum Gasteiger partial charge on any atom is 0.274 e. The smallest absolute Gasteiger partial charge is 0.259 e. The molecule has 0 aliphatic carbocycles. The lowest BCUT2D eigenvalue weighted by atomic mass is 10.1. The van der Waals surface area contributed by atoms with Crippen molar-refractivity contribution in [2.45, 2.75) is 6.29 Å². The van der Waals surface area contributed by atoms with Gasteiger partial charge in [0.2, 0.25) is 0 Å². The number of hydrazone groups is 1. The average Bonchev–Trinajstić information content (AvgIpc) is 2.77. The fraction of sp³-hybridized carbons (Fsp3) is 0.250. The predicted molar refractivity (Wildman–Crippen MR) is 74.2 cm³/mol. The molecule has 2 heterocycles. The van der Waals surface area contributed by atoms with Crippen LogP contribution in [0.5, 0.6) is 0 Å². The zero-order chi connectivity index (χ0) is 12.0. The summed E-state index contributed by atoms with van der Waals surface area (Å²) in [6, 6.07) is 10.2. The van der Waals surface area contributed by atoms with Crippen LogP contribution in [0.1, 0.15) is 5.56 Å². The summed E-state index contributed by atoms with van der Waals surface area (Å²) in [4.78, 5) is 0. The summed E-state index contributed by atoms with van der Waals surface area (Å²) in [5.41, 5.74) is 11.8. The van der Waals surface area contributed by atoms with E-state index < -0.39 is 0 Å². The molecule has 3 rings (SSSR count). The molecular weight excluding hydrogens is 250 g/mol. The van der Waals surface area contributed by atoms with Crippen molar-refractivity contribution < 1.29 is 4.59 Å². The quantitative estimate of drug-likeness (QED) is 0.743. The summed E-state index contributed by atoms with van der Waals surface area (Å²) in [5.74, 6) is 0.943. The summed E-state index contributed by atoms with van der Waals surface area (Å²) in [6.45, 7) is 0. The molecule has 5 nitrogen and oxygen atoms in total. The minimum absolute atomic E-state index is 0. The summed E-state index contributed by atoms with van der Waals surface area (Å²) < 4.78 is 0.431. The fourth-order valence-corrected chi connectivity index (χ4v) is 2.25. The predicted octanol–water partition coefficient (Wildman–Crippen LogP) is 0.915. The number of hydrogen-bond acceptors (Lipinski definition) is 4. The minimum Gasteiger partial charge on any atom is -0.259 e. The third kappa shape index (κ3) is 1.68. The molecule has 0 aromatic heterocycles. The van der Waals surface area contributed by atoms with Crippen LogP contribution in [0.2, 0.25) is 0 Å². The number of benzene rings is 1. The third-order valence-corrected chi connectivity index (χ3v) is 3.36. The number of hydrogen-bond donors (Lipinski definition) is 2. The molecule has 0 saturated heterocycles. The van der Waals surface area contributed by atoms with E-state index in [0.717, 1.165) is 17.1 Å². The molecule has 0 spiro atoms. The van der Waals surface area contributed by atoms with Gasteiger partial charge in [-0.2, -0.15) is 0 Å².